The Labute approximate surface area is 98.0 Å². The van der Waals surface area contributed by atoms with E-state index < -0.39 is 0 Å². The van der Waals surface area contributed by atoms with E-state index in [0.717, 1.165) is 13.1 Å². The van der Waals surface area contributed by atoms with E-state index in [0.29, 0.717) is 22.5 Å². The van der Waals surface area contributed by atoms with Crippen LogP contribution < -0.4 is 0 Å². The molecule has 1 aliphatic rings. The largest absolute Gasteiger partial charge is 0.337 e. The molecule has 0 bridgehead atoms. The molecule has 0 aliphatic carbocycles. The molecule has 1 aromatic heterocycles. The van der Waals surface area contributed by atoms with Gasteiger partial charge in [-0.2, -0.15) is 0 Å². The number of carbonyl (C=O) groups excluding carboxylic acids is 1. The Morgan fingerprint density at radius 3 is 2.80 bits per heavy atom. The summed E-state index contributed by atoms with van der Waals surface area (Å²) in [4.78, 5) is 17.5. The number of halogens is 2. The van der Waals surface area contributed by atoms with Gasteiger partial charge in [0.15, 0.2) is 0 Å². The van der Waals surface area contributed by atoms with Gasteiger partial charge in [0.25, 0.3) is 5.91 Å². The van der Waals surface area contributed by atoms with Gasteiger partial charge in [-0.3, -0.25) is 4.79 Å². The van der Waals surface area contributed by atoms with Gasteiger partial charge in [0.1, 0.15) is 5.69 Å². The molecule has 2 rings (SSSR count). The lowest BCUT2D eigenvalue weighted by atomic mass is 10.0. The van der Waals surface area contributed by atoms with Crippen molar-refractivity contribution in [1.82, 2.24) is 9.88 Å². The molecule has 0 saturated carbocycles. The zero-order valence-corrected chi connectivity index (χ0v) is 9.50. The normalized spacial score (nSPS) is 16.3. The zero-order valence-electron chi connectivity index (χ0n) is 7.99. The molecule has 0 atom stereocenters. The van der Waals surface area contributed by atoms with Crippen LogP contribution in [0.25, 0.3) is 0 Å². The van der Waals surface area contributed by atoms with E-state index in [2.05, 4.69) is 4.98 Å². The molecule has 1 aliphatic heterocycles. The third-order valence-corrected chi connectivity index (χ3v) is 3.07. The fraction of sp³-hybridized carbons (Fsp3) is 0.400. The van der Waals surface area contributed by atoms with E-state index in [-0.39, 0.29) is 5.91 Å². The van der Waals surface area contributed by atoms with Crippen LogP contribution in [0.3, 0.4) is 0 Å². The van der Waals surface area contributed by atoms with Gasteiger partial charge in [0, 0.05) is 31.1 Å². The van der Waals surface area contributed by atoms with Crippen molar-refractivity contribution >= 4 is 29.1 Å². The molecule has 5 heteroatoms. The molecule has 0 spiro atoms. The monoisotopic (exact) mass is 244 g/mol. The van der Waals surface area contributed by atoms with E-state index >= 15 is 0 Å². The Bertz CT molecular complexity index is 360. The van der Waals surface area contributed by atoms with Crippen LogP contribution in [-0.2, 0) is 0 Å². The smallest absolute Gasteiger partial charge is 0.272 e. The number of pyridine rings is 1. The lowest BCUT2D eigenvalue weighted by Gasteiger charge is -2.37. The lowest BCUT2D eigenvalue weighted by molar-refractivity contribution is 0.0529. The summed E-state index contributed by atoms with van der Waals surface area (Å²) >= 11 is 11.4. The molecule has 1 amide bonds. The number of aromatic nitrogens is 1. The topological polar surface area (TPSA) is 33.2 Å². The van der Waals surface area contributed by atoms with Gasteiger partial charge < -0.3 is 4.90 Å². The molecule has 0 unspecified atom stereocenters. The van der Waals surface area contributed by atoms with Crippen molar-refractivity contribution < 1.29 is 4.79 Å². The van der Waals surface area contributed by atoms with Crippen molar-refractivity contribution in [3.63, 3.8) is 0 Å². The highest BCUT2D eigenvalue weighted by molar-refractivity contribution is 6.30. The fourth-order valence-electron chi connectivity index (χ4n) is 1.50. The second-order valence-corrected chi connectivity index (χ2v) is 4.34. The van der Waals surface area contributed by atoms with E-state index in [4.69, 9.17) is 23.2 Å². The van der Waals surface area contributed by atoms with Crippen molar-refractivity contribution in [1.29, 1.82) is 0 Å². The first-order valence-electron chi connectivity index (χ1n) is 4.67. The molecule has 1 aromatic rings. The molecule has 15 heavy (non-hydrogen) atoms. The first kappa shape index (κ1) is 10.7. The van der Waals surface area contributed by atoms with Crippen LogP contribution in [0.2, 0.25) is 5.02 Å². The molecular weight excluding hydrogens is 235 g/mol. The predicted molar refractivity (Wildman–Crippen MR) is 59.4 cm³/mol. The summed E-state index contributed by atoms with van der Waals surface area (Å²) in [5.74, 6) is 0.994. The van der Waals surface area contributed by atoms with Gasteiger partial charge in [-0.05, 0) is 12.1 Å². The van der Waals surface area contributed by atoms with Crippen LogP contribution >= 0.6 is 23.2 Å². The third kappa shape index (κ3) is 2.24. The number of likely N-dealkylation sites (tertiary alicyclic amines) is 1. The Balaban J connectivity index is 2.00. The van der Waals surface area contributed by atoms with Gasteiger partial charge >= 0.3 is 0 Å². The molecule has 0 aromatic carbocycles. The highest BCUT2D eigenvalue weighted by atomic mass is 35.5. The minimum absolute atomic E-state index is 0.0481. The van der Waals surface area contributed by atoms with Crippen molar-refractivity contribution in [2.24, 2.45) is 5.92 Å². The summed E-state index contributed by atoms with van der Waals surface area (Å²) in [5, 5.41) is 0.536. The summed E-state index contributed by atoms with van der Waals surface area (Å²) in [6.45, 7) is 1.46. The molecule has 0 radical (unpaired) electrons. The zero-order chi connectivity index (χ0) is 10.8. The summed E-state index contributed by atoms with van der Waals surface area (Å²) in [7, 11) is 0. The second kappa shape index (κ2) is 4.37. The van der Waals surface area contributed by atoms with Crippen molar-refractivity contribution in [3.8, 4) is 0 Å². The number of rotatable bonds is 2. The Morgan fingerprint density at radius 1 is 1.53 bits per heavy atom. The van der Waals surface area contributed by atoms with Gasteiger partial charge in [-0.25, -0.2) is 4.98 Å². The number of hydrogen-bond acceptors (Lipinski definition) is 2. The van der Waals surface area contributed by atoms with Gasteiger partial charge in [-0.15, -0.1) is 11.6 Å². The fourth-order valence-corrected chi connectivity index (χ4v) is 1.80. The van der Waals surface area contributed by atoms with E-state index in [9.17, 15) is 4.79 Å². The number of nitrogens with zero attached hydrogens (tertiary/aromatic N) is 2. The van der Waals surface area contributed by atoms with Crippen molar-refractivity contribution in [2.75, 3.05) is 19.0 Å². The third-order valence-electron chi connectivity index (χ3n) is 2.41. The summed E-state index contributed by atoms with van der Waals surface area (Å²) in [6.07, 6.45) is 1.48. The number of alkyl halides is 1. The van der Waals surface area contributed by atoms with Crippen LogP contribution in [0.4, 0.5) is 0 Å². The SMILES string of the molecule is O=C(c1ccc(Cl)cn1)N1CC(CCl)C1. The maximum atomic E-state index is 11.8. The minimum atomic E-state index is -0.0481. The van der Waals surface area contributed by atoms with Crippen LogP contribution in [0.1, 0.15) is 10.5 Å². The molecular formula is C10H10Cl2N2O. The van der Waals surface area contributed by atoms with Crippen LogP contribution in [0.5, 0.6) is 0 Å². The Morgan fingerprint density at radius 2 is 2.27 bits per heavy atom. The quantitative estimate of drug-likeness (QED) is 0.747. The molecule has 0 N–H and O–H groups in total. The first-order valence-corrected chi connectivity index (χ1v) is 5.58. The van der Waals surface area contributed by atoms with Gasteiger partial charge in [0.2, 0.25) is 0 Å². The average Bonchev–Trinajstić information content (AvgIpc) is 2.17. The van der Waals surface area contributed by atoms with E-state index in [1.165, 1.54) is 6.20 Å². The van der Waals surface area contributed by atoms with Gasteiger partial charge in [-0.1, -0.05) is 11.6 Å². The highest BCUT2D eigenvalue weighted by Crippen LogP contribution is 2.19. The number of hydrogen-bond donors (Lipinski definition) is 0. The highest BCUT2D eigenvalue weighted by Gasteiger charge is 2.30. The van der Waals surface area contributed by atoms with Crippen LogP contribution in [0, 0.1) is 5.92 Å². The molecule has 3 nitrogen and oxygen atoms in total. The van der Waals surface area contributed by atoms with Crippen molar-refractivity contribution in [2.45, 2.75) is 0 Å². The molecule has 80 valence electrons. The Hall–Kier alpha value is -0.800. The predicted octanol–water partition coefficient (Wildman–Crippen LogP) is 2.05. The van der Waals surface area contributed by atoms with Crippen LogP contribution in [0.15, 0.2) is 18.3 Å². The summed E-state index contributed by atoms with van der Waals surface area (Å²) in [5.41, 5.74) is 0.437. The number of carbonyl (C=O) groups is 1. The standard InChI is InChI=1S/C10H10Cl2N2O/c11-3-7-5-14(6-7)10(15)9-2-1-8(12)4-13-9/h1-2,4,7H,3,5-6H2. The molecule has 1 fully saturated rings. The average molecular weight is 245 g/mol. The molecule has 1 saturated heterocycles. The lowest BCUT2D eigenvalue weighted by Crippen LogP contribution is -2.50. The van der Waals surface area contributed by atoms with Crippen LogP contribution in [-0.4, -0.2) is 34.8 Å². The van der Waals surface area contributed by atoms with Gasteiger partial charge in [0.05, 0.1) is 5.02 Å². The minimum Gasteiger partial charge on any atom is -0.337 e. The molecule has 2 heterocycles. The second-order valence-electron chi connectivity index (χ2n) is 3.59. The number of amides is 1. The summed E-state index contributed by atoms with van der Waals surface area (Å²) < 4.78 is 0. The van der Waals surface area contributed by atoms with E-state index in [1.807, 2.05) is 0 Å². The Kier molecular flexibility index (Phi) is 3.12. The van der Waals surface area contributed by atoms with E-state index in [1.54, 1.807) is 17.0 Å². The maximum absolute atomic E-state index is 11.8. The maximum Gasteiger partial charge on any atom is 0.272 e. The van der Waals surface area contributed by atoms with Crippen molar-refractivity contribution in [3.05, 3.63) is 29.0 Å². The first-order chi connectivity index (χ1) is 7.20. The summed E-state index contributed by atoms with van der Waals surface area (Å²) in [6, 6.07) is 3.30.